The molecule has 0 bridgehead atoms. The third kappa shape index (κ3) is 5.37. The van der Waals surface area contributed by atoms with E-state index in [1.54, 1.807) is 24.3 Å². The van der Waals surface area contributed by atoms with Crippen LogP contribution in [-0.4, -0.2) is 38.3 Å². The lowest BCUT2D eigenvalue weighted by molar-refractivity contribution is -0.137. The number of para-hydroxylation sites is 2. The molecule has 0 atom stereocenters. The Kier molecular flexibility index (Phi) is 6.90. The maximum Gasteiger partial charge on any atom is 0.416 e. The first kappa shape index (κ1) is 23.1. The first-order valence-electron chi connectivity index (χ1n) is 9.83. The lowest BCUT2D eigenvalue weighted by atomic mass is 9.97. The Bertz CT molecular complexity index is 1030. The molecule has 168 valence electrons. The van der Waals surface area contributed by atoms with Crippen molar-refractivity contribution in [3.63, 3.8) is 0 Å². The number of benzene rings is 2. The number of carbonyl (C=O) groups is 1. The molecular formula is C21H23F3N2O4S. The van der Waals surface area contributed by atoms with Crippen LogP contribution in [0.4, 0.5) is 18.9 Å². The molecule has 0 spiro atoms. The summed E-state index contributed by atoms with van der Waals surface area (Å²) in [6, 6.07) is 10.7. The smallest absolute Gasteiger partial charge is 0.416 e. The van der Waals surface area contributed by atoms with E-state index in [9.17, 15) is 26.4 Å². The zero-order valence-electron chi connectivity index (χ0n) is 16.9. The highest BCUT2D eigenvalue weighted by atomic mass is 32.2. The van der Waals surface area contributed by atoms with Crippen LogP contribution >= 0.6 is 0 Å². The predicted octanol–water partition coefficient (Wildman–Crippen LogP) is 4.14. The van der Waals surface area contributed by atoms with Crippen molar-refractivity contribution in [2.24, 2.45) is 5.92 Å². The molecule has 1 heterocycles. The molecule has 1 saturated heterocycles. The molecule has 0 saturated carbocycles. The molecule has 1 N–H and O–H groups in total. The Morgan fingerprint density at radius 3 is 2.45 bits per heavy atom. The van der Waals surface area contributed by atoms with Gasteiger partial charge in [0.15, 0.2) is 0 Å². The summed E-state index contributed by atoms with van der Waals surface area (Å²) in [5.41, 5.74) is -0.482. The molecule has 3 rings (SSSR count). The number of sulfonamides is 1. The van der Waals surface area contributed by atoms with Crippen molar-refractivity contribution in [3.8, 4) is 5.75 Å². The molecule has 1 fully saturated rings. The monoisotopic (exact) mass is 456 g/mol. The molecule has 10 heteroatoms. The lowest BCUT2D eigenvalue weighted by Gasteiger charge is -2.30. The fraction of sp³-hybridized carbons (Fsp3) is 0.381. The van der Waals surface area contributed by atoms with Crippen LogP contribution in [0, 0.1) is 5.92 Å². The van der Waals surface area contributed by atoms with Crippen LogP contribution < -0.4 is 10.1 Å². The quantitative estimate of drug-likeness (QED) is 0.709. The summed E-state index contributed by atoms with van der Waals surface area (Å²) in [5, 5.41) is 2.82. The van der Waals surface area contributed by atoms with Gasteiger partial charge >= 0.3 is 6.18 Å². The number of rotatable bonds is 6. The molecule has 1 amide bonds. The SMILES string of the molecule is CCOc1ccccc1NC(=O)C1CCN(S(=O)(=O)c2cccc(C(F)(F)F)c2)CC1. The Morgan fingerprint density at radius 1 is 1.13 bits per heavy atom. The number of ether oxygens (including phenoxy) is 1. The zero-order chi connectivity index (χ0) is 22.6. The molecule has 2 aromatic carbocycles. The summed E-state index contributed by atoms with van der Waals surface area (Å²) in [7, 11) is -4.09. The number of amides is 1. The highest BCUT2D eigenvalue weighted by Crippen LogP contribution is 2.32. The minimum Gasteiger partial charge on any atom is -0.492 e. The van der Waals surface area contributed by atoms with E-state index < -0.39 is 32.6 Å². The number of hydrogen-bond donors (Lipinski definition) is 1. The van der Waals surface area contributed by atoms with E-state index in [-0.39, 0.29) is 31.8 Å². The number of anilines is 1. The van der Waals surface area contributed by atoms with E-state index in [0.29, 0.717) is 24.1 Å². The van der Waals surface area contributed by atoms with E-state index in [1.807, 2.05) is 6.92 Å². The van der Waals surface area contributed by atoms with Gasteiger partial charge in [-0.2, -0.15) is 17.5 Å². The molecule has 31 heavy (non-hydrogen) atoms. The summed E-state index contributed by atoms with van der Waals surface area (Å²) in [4.78, 5) is 12.2. The van der Waals surface area contributed by atoms with Gasteiger partial charge < -0.3 is 10.1 Å². The normalized spacial score (nSPS) is 16.1. The van der Waals surface area contributed by atoms with Crippen LogP contribution in [0.15, 0.2) is 53.4 Å². The Hall–Kier alpha value is -2.59. The lowest BCUT2D eigenvalue weighted by Crippen LogP contribution is -2.41. The molecule has 1 aliphatic heterocycles. The number of halogens is 3. The minimum absolute atomic E-state index is 0.0454. The number of nitrogens with zero attached hydrogens (tertiary/aromatic N) is 1. The highest BCUT2D eigenvalue weighted by molar-refractivity contribution is 7.89. The van der Waals surface area contributed by atoms with Gasteiger partial charge in [-0.25, -0.2) is 8.42 Å². The molecule has 0 radical (unpaired) electrons. The van der Waals surface area contributed by atoms with Gasteiger partial charge in [0.25, 0.3) is 0 Å². The summed E-state index contributed by atoms with van der Waals surface area (Å²) in [6.45, 7) is 2.37. The van der Waals surface area contributed by atoms with Crippen LogP contribution in [0.25, 0.3) is 0 Å². The number of hydrogen-bond acceptors (Lipinski definition) is 4. The average molecular weight is 456 g/mol. The maximum absolute atomic E-state index is 12.9. The third-order valence-electron chi connectivity index (χ3n) is 5.07. The van der Waals surface area contributed by atoms with Gasteiger partial charge in [-0.1, -0.05) is 18.2 Å². The van der Waals surface area contributed by atoms with Crippen LogP contribution in [-0.2, 0) is 21.0 Å². The number of carbonyl (C=O) groups excluding carboxylic acids is 1. The first-order valence-corrected chi connectivity index (χ1v) is 11.3. The summed E-state index contributed by atoms with van der Waals surface area (Å²) in [6.07, 6.45) is -4.10. The molecule has 0 aromatic heterocycles. The van der Waals surface area contributed by atoms with E-state index in [4.69, 9.17) is 4.74 Å². The molecule has 0 unspecified atom stereocenters. The average Bonchev–Trinajstić information content (AvgIpc) is 2.75. The van der Waals surface area contributed by atoms with Crippen LogP contribution in [0.3, 0.4) is 0 Å². The Labute approximate surface area is 179 Å². The molecule has 0 aliphatic carbocycles. The van der Waals surface area contributed by atoms with Gasteiger partial charge in [0.05, 0.1) is 22.8 Å². The zero-order valence-corrected chi connectivity index (χ0v) is 17.7. The van der Waals surface area contributed by atoms with Crippen molar-refractivity contribution in [3.05, 3.63) is 54.1 Å². The van der Waals surface area contributed by atoms with E-state index >= 15 is 0 Å². The van der Waals surface area contributed by atoms with E-state index in [1.165, 1.54) is 0 Å². The fourth-order valence-electron chi connectivity index (χ4n) is 3.43. The summed E-state index contributed by atoms with van der Waals surface area (Å²) < 4.78 is 71.0. The van der Waals surface area contributed by atoms with Gasteiger partial charge in [0, 0.05) is 19.0 Å². The number of piperidine rings is 1. The Morgan fingerprint density at radius 2 is 1.81 bits per heavy atom. The van der Waals surface area contributed by atoms with Gasteiger partial charge in [0.1, 0.15) is 5.75 Å². The third-order valence-corrected chi connectivity index (χ3v) is 6.96. The second-order valence-electron chi connectivity index (χ2n) is 7.12. The topological polar surface area (TPSA) is 75.7 Å². The van der Waals surface area contributed by atoms with Crippen molar-refractivity contribution in [1.82, 2.24) is 4.31 Å². The van der Waals surface area contributed by atoms with Crippen molar-refractivity contribution < 1.29 is 31.1 Å². The highest BCUT2D eigenvalue weighted by Gasteiger charge is 2.35. The molecule has 6 nitrogen and oxygen atoms in total. The van der Waals surface area contributed by atoms with Crippen LogP contribution in [0.2, 0.25) is 0 Å². The fourth-order valence-corrected chi connectivity index (χ4v) is 4.94. The molecular weight excluding hydrogens is 433 g/mol. The van der Waals surface area contributed by atoms with Crippen molar-refractivity contribution in [2.45, 2.75) is 30.8 Å². The predicted molar refractivity (Wildman–Crippen MR) is 109 cm³/mol. The van der Waals surface area contributed by atoms with Crippen molar-refractivity contribution in [2.75, 3.05) is 25.0 Å². The van der Waals surface area contributed by atoms with Gasteiger partial charge in [-0.05, 0) is 50.1 Å². The first-order chi connectivity index (χ1) is 14.6. The van der Waals surface area contributed by atoms with E-state index in [0.717, 1.165) is 22.5 Å². The minimum atomic E-state index is -4.63. The molecule has 1 aliphatic rings. The van der Waals surface area contributed by atoms with Crippen LogP contribution in [0.1, 0.15) is 25.3 Å². The molecule has 2 aromatic rings. The maximum atomic E-state index is 12.9. The summed E-state index contributed by atoms with van der Waals surface area (Å²) >= 11 is 0. The van der Waals surface area contributed by atoms with Crippen molar-refractivity contribution >= 4 is 21.6 Å². The number of alkyl halides is 3. The van der Waals surface area contributed by atoms with Crippen molar-refractivity contribution in [1.29, 1.82) is 0 Å². The van der Waals surface area contributed by atoms with Gasteiger partial charge in [-0.15, -0.1) is 0 Å². The van der Waals surface area contributed by atoms with Gasteiger partial charge in [-0.3, -0.25) is 4.79 Å². The second kappa shape index (κ2) is 9.27. The van der Waals surface area contributed by atoms with Crippen LogP contribution in [0.5, 0.6) is 5.75 Å². The van der Waals surface area contributed by atoms with Gasteiger partial charge in [0.2, 0.25) is 15.9 Å². The summed E-state index contributed by atoms with van der Waals surface area (Å²) in [5.74, 6) is -0.117. The second-order valence-corrected chi connectivity index (χ2v) is 9.06. The largest absolute Gasteiger partial charge is 0.492 e. The standard InChI is InChI=1S/C21H23F3N2O4S/c1-2-30-19-9-4-3-8-18(19)25-20(27)15-10-12-26(13-11-15)31(28,29)17-7-5-6-16(14-17)21(22,23)24/h3-9,14-15H,2,10-13H2,1H3,(H,25,27). The van der Waals surface area contributed by atoms with E-state index in [2.05, 4.69) is 5.32 Å². The Balaban J connectivity index is 1.66. The number of nitrogens with one attached hydrogen (secondary N) is 1.